The highest BCUT2D eigenvalue weighted by atomic mass is 32.1. The average molecular weight is 763 g/mol. The van der Waals surface area contributed by atoms with Crippen LogP contribution < -0.4 is 0 Å². The quantitative estimate of drug-likeness (QED) is 0.175. The fourth-order valence-corrected chi connectivity index (χ4v) is 11.0. The predicted octanol–water partition coefficient (Wildman–Crippen LogP) is 14.4. The third kappa shape index (κ3) is 5.08. The maximum atomic E-state index is 5.38. The van der Waals surface area contributed by atoms with Crippen molar-refractivity contribution < 1.29 is 0 Å². The van der Waals surface area contributed by atoms with E-state index in [1.807, 2.05) is 17.4 Å². The van der Waals surface area contributed by atoms with Gasteiger partial charge in [0.15, 0.2) is 17.5 Å². The van der Waals surface area contributed by atoms with Gasteiger partial charge in [-0.15, -0.1) is 22.7 Å². The number of hydrogen-bond acceptors (Lipinski definition) is 5. The molecule has 57 heavy (non-hydrogen) atoms. The Kier molecular flexibility index (Phi) is 7.24. The molecule has 6 heteroatoms. The predicted molar refractivity (Wildman–Crippen MR) is 242 cm³/mol. The topological polar surface area (TPSA) is 43.6 Å². The molecule has 8 aromatic carbocycles. The molecule has 4 nitrogen and oxygen atoms in total. The summed E-state index contributed by atoms with van der Waals surface area (Å²) in [4.78, 5) is 16.0. The lowest BCUT2D eigenvalue weighted by Gasteiger charge is -2.11. The third-order valence-corrected chi connectivity index (χ3v) is 13.5. The smallest absolute Gasteiger partial charge is 0.165 e. The highest BCUT2D eigenvalue weighted by molar-refractivity contribution is 7.27. The third-order valence-electron chi connectivity index (χ3n) is 11.1. The Bertz CT molecular complexity index is 3530. The Morgan fingerprint density at radius 2 is 0.965 bits per heavy atom. The summed E-state index contributed by atoms with van der Waals surface area (Å²) in [5, 5.41) is 7.30. The van der Waals surface area contributed by atoms with E-state index in [1.54, 1.807) is 11.3 Å². The largest absolute Gasteiger partial charge is 0.308 e. The monoisotopic (exact) mass is 762 g/mol. The molecule has 0 radical (unpaired) electrons. The van der Waals surface area contributed by atoms with E-state index < -0.39 is 0 Å². The van der Waals surface area contributed by atoms with Gasteiger partial charge in [-0.2, -0.15) is 0 Å². The minimum absolute atomic E-state index is 0.647. The zero-order valence-corrected chi connectivity index (χ0v) is 32.1. The van der Waals surface area contributed by atoms with Crippen molar-refractivity contribution in [3.8, 4) is 51.0 Å². The lowest BCUT2D eigenvalue weighted by molar-refractivity contribution is 1.08. The number of benzene rings is 8. The standard InChI is InChI=1S/C51H30N4S2/c1-3-14-31(15-4-1)32-16-11-17-33(30-32)49-52-50(40-23-13-27-44-45(40)39-21-8-10-26-43(39)56-44)54-51(53-49)41-24-12-22-37-38-29-28-36-35-20-7-9-25-42(35)55(34-18-5-2-6-19-34)46(36)48(38)57-47(37)41/h1-30H. The molecule has 4 aromatic heterocycles. The van der Waals surface area contributed by atoms with Crippen molar-refractivity contribution in [1.82, 2.24) is 19.5 Å². The molecule has 0 aliphatic heterocycles. The minimum Gasteiger partial charge on any atom is -0.308 e. The lowest BCUT2D eigenvalue weighted by Crippen LogP contribution is -2.00. The van der Waals surface area contributed by atoms with Gasteiger partial charge in [0, 0.05) is 68.8 Å². The van der Waals surface area contributed by atoms with E-state index in [-0.39, 0.29) is 0 Å². The first-order chi connectivity index (χ1) is 28.3. The molecule has 0 bridgehead atoms. The van der Waals surface area contributed by atoms with Gasteiger partial charge in [-0.05, 0) is 53.6 Å². The molecule has 0 aliphatic rings. The Balaban J connectivity index is 1.14. The van der Waals surface area contributed by atoms with Gasteiger partial charge in [0.05, 0.1) is 15.7 Å². The molecule has 12 aromatic rings. The first-order valence-electron chi connectivity index (χ1n) is 19.0. The molecule has 0 aliphatic carbocycles. The molecule has 0 spiro atoms. The van der Waals surface area contributed by atoms with Crippen molar-refractivity contribution in [2.24, 2.45) is 0 Å². The first-order valence-corrected chi connectivity index (χ1v) is 20.7. The first kappa shape index (κ1) is 32.3. The second kappa shape index (κ2) is 12.8. The number of nitrogens with zero attached hydrogens (tertiary/aromatic N) is 4. The fraction of sp³-hybridized carbons (Fsp3) is 0. The Hall–Kier alpha value is -6.99. The van der Waals surface area contributed by atoms with Crippen molar-refractivity contribution >= 4 is 84.8 Å². The number of aromatic nitrogens is 4. The second-order valence-electron chi connectivity index (χ2n) is 14.3. The molecule has 0 unspecified atom stereocenters. The van der Waals surface area contributed by atoms with Crippen LogP contribution in [0.5, 0.6) is 0 Å². The molecular formula is C51H30N4S2. The molecule has 0 fully saturated rings. The van der Waals surface area contributed by atoms with E-state index >= 15 is 0 Å². The number of hydrogen-bond donors (Lipinski definition) is 0. The van der Waals surface area contributed by atoms with Crippen molar-refractivity contribution in [2.75, 3.05) is 0 Å². The number of para-hydroxylation sites is 2. The summed E-state index contributed by atoms with van der Waals surface area (Å²) in [6.07, 6.45) is 0. The second-order valence-corrected chi connectivity index (χ2v) is 16.4. The van der Waals surface area contributed by atoms with Gasteiger partial charge in [0.1, 0.15) is 0 Å². The van der Waals surface area contributed by atoms with E-state index in [4.69, 9.17) is 15.0 Å². The number of thiophene rings is 2. The maximum absolute atomic E-state index is 5.38. The summed E-state index contributed by atoms with van der Waals surface area (Å²) in [7, 11) is 0. The summed E-state index contributed by atoms with van der Waals surface area (Å²) in [6.45, 7) is 0. The average Bonchev–Trinajstić information content (AvgIpc) is 3.97. The summed E-state index contributed by atoms with van der Waals surface area (Å²) in [5.74, 6) is 1.97. The molecule has 0 amide bonds. The van der Waals surface area contributed by atoms with Crippen LogP contribution in [0.15, 0.2) is 182 Å². The van der Waals surface area contributed by atoms with E-state index in [0.29, 0.717) is 17.5 Å². The Labute approximate surface area is 335 Å². The summed E-state index contributed by atoms with van der Waals surface area (Å²) in [5.41, 5.74) is 8.78. The maximum Gasteiger partial charge on any atom is 0.165 e. The van der Waals surface area contributed by atoms with Crippen molar-refractivity contribution in [1.29, 1.82) is 0 Å². The zero-order valence-electron chi connectivity index (χ0n) is 30.4. The van der Waals surface area contributed by atoms with Crippen molar-refractivity contribution in [3.63, 3.8) is 0 Å². The van der Waals surface area contributed by atoms with E-state index in [1.165, 1.54) is 57.5 Å². The van der Waals surface area contributed by atoms with Crippen LogP contribution in [0.1, 0.15) is 0 Å². The van der Waals surface area contributed by atoms with Crippen LogP contribution in [0.4, 0.5) is 0 Å². The van der Waals surface area contributed by atoms with Crippen LogP contribution in [-0.4, -0.2) is 19.5 Å². The molecule has 4 heterocycles. The molecule has 0 saturated heterocycles. The summed E-state index contributed by atoms with van der Waals surface area (Å²) >= 11 is 3.63. The van der Waals surface area contributed by atoms with Gasteiger partial charge < -0.3 is 4.57 Å². The highest BCUT2D eigenvalue weighted by Gasteiger charge is 2.22. The summed E-state index contributed by atoms with van der Waals surface area (Å²) < 4.78 is 7.29. The molecule has 0 N–H and O–H groups in total. The van der Waals surface area contributed by atoms with Gasteiger partial charge in [-0.3, -0.25) is 0 Å². The number of rotatable bonds is 5. The van der Waals surface area contributed by atoms with E-state index in [2.05, 4.69) is 180 Å². The SMILES string of the molecule is c1ccc(-c2cccc(-c3nc(-c4cccc5c4sc4c5ccc5c6ccccc6n(-c6ccccc6)c54)nc(-c4cccc5sc6ccccc6c45)n3)c2)cc1. The Morgan fingerprint density at radius 3 is 1.84 bits per heavy atom. The van der Waals surface area contributed by atoms with Crippen molar-refractivity contribution in [2.45, 2.75) is 0 Å². The van der Waals surface area contributed by atoms with Crippen LogP contribution >= 0.6 is 22.7 Å². The van der Waals surface area contributed by atoms with Crippen LogP contribution in [0, 0.1) is 0 Å². The number of fused-ring (bicyclic) bond motifs is 10. The van der Waals surface area contributed by atoms with Crippen LogP contribution in [-0.2, 0) is 0 Å². The molecule has 12 rings (SSSR count). The molecule has 0 saturated carbocycles. The van der Waals surface area contributed by atoms with E-state index in [0.717, 1.165) is 38.2 Å². The van der Waals surface area contributed by atoms with Gasteiger partial charge >= 0.3 is 0 Å². The van der Waals surface area contributed by atoms with Gasteiger partial charge in [-0.1, -0.05) is 140 Å². The molecule has 0 atom stereocenters. The minimum atomic E-state index is 0.647. The lowest BCUT2D eigenvalue weighted by atomic mass is 10.0. The van der Waals surface area contributed by atoms with Crippen LogP contribution in [0.25, 0.3) is 113 Å². The normalized spacial score (nSPS) is 11.9. The van der Waals surface area contributed by atoms with Gasteiger partial charge in [-0.25, -0.2) is 15.0 Å². The van der Waals surface area contributed by atoms with Crippen LogP contribution in [0.3, 0.4) is 0 Å². The highest BCUT2D eigenvalue weighted by Crippen LogP contribution is 2.46. The Morgan fingerprint density at radius 1 is 0.368 bits per heavy atom. The zero-order chi connectivity index (χ0) is 37.5. The summed E-state index contributed by atoms with van der Waals surface area (Å²) in [6, 6.07) is 64.7. The van der Waals surface area contributed by atoms with E-state index in [9.17, 15) is 0 Å². The van der Waals surface area contributed by atoms with Gasteiger partial charge in [0.2, 0.25) is 0 Å². The molecule has 266 valence electrons. The fourth-order valence-electron chi connectivity index (χ4n) is 8.50. The van der Waals surface area contributed by atoms with Crippen molar-refractivity contribution in [3.05, 3.63) is 182 Å². The van der Waals surface area contributed by atoms with Gasteiger partial charge in [0.25, 0.3) is 0 Å². The van der Waals surface area contributed by atoms with Crippen LogP contribution in [0.2, 0.25) is 0 Å². The molecular weight excluding hydrogens is 733 g/mol.